The second kappa shape index (κ2) is 10.2. The number of carbonyl (C=O) groups excluding carboxylic acids is 1. The Morgan fingerprint density at radius 2 is 1.88 bits per heavy atom. The number of unbranched alkanes of at least 4 members (excludes halogenated alkanes) is 1. The third kappa shape index (κ3) is 4.48. The number of carbonyl (C=O) groups is 1. The molecule has 2 aromatic carbocycles. The summed E-state index contributed by atoms with van der Waals surface area (Å²) in [7, 11) is 0. The number of fused-ring (bicyclic) bond motifs is 1. The van der Waals surface area contributed by atoms with Crippen molar-refractivity contribution in [3.05, 3.63) is 93.5 Å². The predicted molar refractivity (Wildman–Crippen MR) is 130 cm³/mol. The summed E-state index contributed by atoms with van der Waals surface area (Å²) in [6.07, 6.45) is 5.73. The second-order valence-electron chi connectivity index (χ2n) is 8.06. The van der Waals surface area contributed by atoms with Gasteiger partial charge in [0, 0.05) is 18.3 Å². The molecule has 0 fully saturated rings. The van der Waals surface area contributed by atoms with Crippen molar-refractivity contribution in [3.63, 3.8) is 0 Å². The Hall–Kier alpha value is -4.18. The first-order valence-corrected chi connectivity index (χ1v) is 11.4. The van der Waals surface area contributed by atoms with Crippen molar-refractivity contribution in [2.45, 2.75) is 39.7 Å². The van der Waals surface area contributed by atoms with Gasteiger partial charge in [-0.25, -0.2) is 4.79 Å². The zero-order valence-corrected chi connectivity index (χ0v) is 19.3. The van der Waals surface area contributed by atoms with Crippen LogP contribution in [-0.4, -0.2) is 26.8 Å². The number of hydrogen-bond donors (Lipinski definition) is 0. The average molecular weight is 455 g/mol. The molecule has 7 heteroatoms. The maximum atomic E-state index is 13.0. The lowest BCUT2D eigenvalue weighted by molar-refractivity contribution is 0.0528. The molecule has 0 atom stereocenters. The molecule has 34 heavy (non-hydrogen) atoms. The first-order valence-electron chi connectivity index (χ1n) is 11.4. The van der Waals surface area contributed by atoms with Crippen LogP contribution >= 0.6 is 0 Å². The van der Waals surface area contributed by atoms with E-state index < -0.39 is 5.97 Å². The van der Waals surface area contributed by atoms with Gasteiger partial charge in [-0.1, -0.05) is 55.8 Å². The molecule has 4 rings (SSSR count). The lowest BCUT2D eigenvalue weighted by Crippen LogP contribution is -2.24. The molecule has 0 aliphatic carbocycles. The van der Waals surface area contributed by atoms with Crippen LogP contribution in [0.3, 0.4) is 0 Å². The van der Waals surface area contributed by atoms with Gasteiger partial charge in [-0.15, -0.1) is 0 Å². The van der Waals surface area contributed by atoms with E-state index in [1.54, 1.807) is 13.0 Å². The van der Waals surface area contributed by atoms with Gasteiger partial charge in [0.15, 0.2) is 5.65 Å². The molecule has 0 amide bonds. The topological polar surface area (TPSA) is 89.4 Å². The quantitative estimate of drug-likeness (QED) is 0.363. The Balaban J connectivity index is 1.76. The molecule has 0 N–H and O–H groups in total. The van der Waals surface area contributed by atoms with Crippen LogP contribution in [0.5, 0.6) is 0 Å². The van der Waals surface area contributed by atoms with Crippen LogP contribution in [0, 0.1) is 11.3 Å². The van der Waals surface area contributed by atoms with Crippen molar-refractivity contribution in [1.82, 2.24) is 14.2 Å². The first kappa shape index (κ1) is 23.0. The predicted octanol–water partition coefficient (Wildman–Crippen LogP) is 4.60. The highest BCUT2D eigenvalue weighted by atomic mass is 16.5. The van der Waals surface area contributed by atoms with Gasteiger partial charge in [0.05, 0.1) is 24.4 Å². The van der Waals surface area contributed by atoms with Crippen LogP contribution in [-0.2, 0) is 17.7 Å². The minimum atomic E-state index is -0.504. The minimum Gasteiger partial charge on any atom is -0.462 e. The molecule has 0 saturated carbocycles. The van der Waals surface area contributed by atoms with E-state index in [0.29, 0.717) is 29.7 Å². The molecule has 2 heterocycles. The minimum absolute atomic E-state index is 0.210. The summed E-state index contributed by atoms with van der Waals surface area (Å²) in [5, 5.41) is 13.6. The zero-order chi connectivity index (χ0) is 24.1. The Labute approximate surface area is 197 Å². The fraction of sp³-hybridized carbons (Fsp3) is 0.259. The van der Waals surface area contributed by atoms with Gasteiger partial charge in [-0.3, -0.25) is 4.79 Å². The highest BCUT2D eigenvalue weighted by molar-refractivity contribution is 5.95. The van der Waals surface area contributed by atoms with Crippen LogP contribution < -0.4 is 5.56 Å². The van der Waals surface area contributed by atoms with Gasteiger partial charge in [0.2, 0.25) is 0 Å². The number of esters is 1. The molecule has 0 bridgehead atoms. The van der Waals surface area contributed by atoms with Crippen molar-refractivity contribution >= 4 is 11.6 Å². The molecule has 0 spiro atoms. The Morgan fingerprint density at radius 3 is 2.59 bits per heavy atom. The summed E-state index contributed by atoms with van der Waals surface area (Å²) in [5.41, 5.74) is 4.57. The number of nitriles is 1. The van der Waals surface area contributed by atoms with E-state index in [1.165, 1.54) is 10.7 Å². The van der Waals surface area contributed by atoms with Gasteiger partial charge in [-0.05, 0) is 42.5 Å². The van der Waals surface area contributed by atoms with Crippen LogP contribution in [0.25, 0.3) is 16.8 Å². The monoisotopic (exact) mass is 454 g/mol. The van der Waals surface area contributed by atoms with Crippen LogP contribution in [0.1, 0.15) is 53.7 Å². The third-order valence-electron chi connectivity index (χ3n) is 5.76. The fourth-order valence-electron chi connectivity index (χ4n) is 4.04. The van der Waals surface area contributed by atoms with E-state index >= 15 is 0 Å². The lowest BCUT2D eigenvalue weighted by atomic mass is 9.99. The summed E-state index contributed by atoms with van der Waals surface area (Å²) < 4.78 is 8.38. The van der Waals surface area contributed by atoms with Crippen LogP contribution in [0.4, 0.5) is 0 Å². The van der Waals surface area contributed by atoms with Crippen molar-refractivity contribution in [1.29, 1.82) is 5.26 Å². The molecule has 4 aromatic rings. The summed E-state index contributed by atoms with van der Waals surface area (Å²) in [4.78, 5) is 25.5. The SMILES string of the molecule is CCCCc1cn(Cc2ccc(-c3ccccc3C#N)cc2)c2c(C(=O)OCC)cnn2c1=O. The summed E-state index contributed by atoms with van der Waals surface area (Å²) in [5.74, 6) is -0.504. The number of aromatic nitrogens is 3. The molecule has 0 aliphatic heterocycles. The van der Waals surface area contributed by atoms with E-state index in [4.69, 9.17) is 4.74 Å². The highest BCUT2D eigenvalue weighted by Crippen LogP contribution is 2.24. The number of rotatable bonds is 8. The first-order chi connectivity index (χ1) is 16.6. The summed E-state index contributed by atoms with van der Waals surface area (Å²) >= 11 is 0. The van der Waals surface area contributed by atoms with Crippen LogP contribution in [0.15, 0.2) is 65.7 Å². The maximum absolute atomic E-state index is 13.0. The molecule has 0 radical (unpaired) electrons. The standard InChI is InChI=1S/C27H26N4O3/c1-3-5-8-22-18-30(25-24(27(33)34-4-2)16-29-31(25)26(22)32)17-19-11-13-20(14-12-19)23-10-7-6-9-21(23)15-28/h6-7,9-14,16,18H,3-5,8,17H2,1-2H3. The van der Waals surface area contributed by atoms with Crippen molar-refractivity contribution < 1.29 is 9.53 Å². The van der Waals surface area contributed by atoms with Crippen molar-refractivity contribution in [2.24, 2.45) is 0 Å². The third-order valence-corrected chi connectivity index (χ3v) is 5.76. The maximum Gasteiger partial charge on any atom is 0.343 e. The number of aryl methyl sites for hydroxylation is 1. The van der Waals surface area contributed by atoms with E-state index in [0.717, 1.165) is 29.5 Å². The van der Waals surface area contributed by atoms with Gasteiger partial charge in [0.1, 0.15) is 5.56 Å². The average Bonchev–Trinajstić information content (AvgIpc) is 3.32. The largest absolute Gasteiger partial charge is 0.462 e. The molecule has 0 unspecified atom stereocenters. The van der Waals surface area contributed by atoms with Gasteiger partial charge < -0.3 is 9.30 Å². The molecule has 7 nitrogen and oxygen atoms in total. The van der Waals surface area contributed by atoms with E-state index in [-0.39, 0.29) is 17.7 Å². The van der Waals surface area contributed by atoms with E-state index in [2.05, 4.69) is 18.1 Å². The zero-order valence-electron chi connectivity index (χ0n) is 19.3. The second-order valence-corrected chi connectivity index (χ2v) is 8.06. The normalized spacial score (nSPS) is 10.9. The molecular formula is C27H26N4O3. The molecule has 172 valence electrons. The number of benzene rings is 2. The Kier molecular flexibility index (Phi) is 6.88. The van der Waals surface area contributed by atoms with Gasteiger partial charge >= 0.3 is 5.97 Å². The fourth-order valence-corrected chi connectivity index (χ4v) is 4.04. The van der Waals surface area contributed by atoms with E-state index in [1.807, 2.05) is 53.2 Å². The summed E-state index contributed by atoms with van der Waals surface area (Å²) in [6.45, 7) is 4.50. The Bertz CT molecular complexity index is 1430. The highest BCUT2D eigenvalue weighted by Gasteiger charge is 2.20. The molecule has 0 saturated heterocycles. The lowest BCUT2D eigenvalue weighted by Gasteiger charge is -2.14. The van der Waals surface area contributed by atoms with Gasteiger partial charge in [0.25, 0.3) is 5.56 Å². The van der Waals surface area contributed by atoms with Gasteiger partial charge in [-0.2, -0.15) is 14.9 Å². The molecule has 2 aromatic heterocycles. The van der Waals surface area contributed by atoms with Crippen LogP contribution in [0.2, 0.25) is 0 Å². The smallest absolute Gasteiger partial charge is 0.343 e. The Morgan fingerprint density at radius 1 is 1.12 bits per heavy atom. The van der Waals surface area contributed by atoms with Crippen molar-refractivity contribution in [2.75, 3.05) is 6.61 Å². The number of ether oxygens (including phenoxy) is 1. The molecule has 0 aliphatic rings. The molecular weight excluding hydrogens is 428 g/mol. The van der Waals surface area contributed by atoms with E-state index in [9.17, 15) is 14.9 Å². The number of nitrogens with zero attached hydrogens (tertiary/aromatic N) is 4. The van der Waals surface area contributed by atoms with Crippen molar-refractivity contribution in [3.8, 4) is 17.2 Å². The summed E-state index contributed by atoms with van der Waals surface area (Å²) in [6, 6.07) is 17.7. The number of hydrogen-bond acceptors (Lipinski definition) is 5.